The van der Waals surface area contributed by atoms with Gasteiger partial charge in [-0.1, -0.05) is 66.8 Å². The Hall–Kier alpha value is -3.85. The van der Waals surface area contributed by atoms with E-state index in [0.717, 1.165) is 51.9 Å². The molecule has 2 aromatic heterocycles. The number of nitrogens with zero attached hydrogens (tertiary/aromatic N) is 5. The zero-order chi connectivity index (χ0) is 24.6. The van der Waals surface area contributed by atoms with E-state index in [4.69, 9.17) is 9.72 Å². The molecule has 0 fully saturated rings. The van der Waals surface area contributed by atoms with Gasteiger partial charge in [-0.25, -0.2) is 9.78 Å². The highest BCUT2D eigenvalue weighted by Crippen LogP contribution is 2.31. The second-order valence-electron chi connectivity index (χ2n) is 7.93. The zero-order valence-electron chi connectivity index (χ0n) is 20.1. The minimum absolute atomic E-state index is 0.340. The first kappa shape index (κ1) is 24.3. The minimum atomic E-state index is -0.340. The molecule has 0 amide bonds. The predicted octanol–water partition coefficient (Wildman–Crippen LogP) is 5.29. The van der Waals surface area contributed by atoms with Crippen LogP contribution in [0.15, 0.2) is 54.6 Å². The molecule has 0 atom stereocenters. The van der Waals surface area contributed by atoms with Gasteiger partial charge in [0.2, 0.25) is 5.82 Å². The van der Waals surface area contributed by atoms with Gasteiger partial charge < -0.3 is 9.64 Å². The third-order valence-electron chi connectivity index (χ3n) is 5.39. The molecular formula is C26H28N6O2S. The third-order valence-corrected chi connectivity index (χ3v) is 6.58. The lowest BCUT2D eigenvalue weighted by molar-refractivity contribution is -0.137. The van der Waals surface area contributed by atoms with E-state index in [-0.39, 0.29) is 5.97 Å². The number of thiazole rings is 1. The number of benzene rings is 2. The number of aromatic nitrogens is 5. The molecule has 0 radical (unpaired) electrons. The number of ether oxygens (including phenoxy) is 1. The van der Waals surface area contributed by atoms with Crippen LogP contribution in [-0.4, -0.2) is 44.7 Å². The van der Waals surface area contributed by atoms with Crippen LogP contribution in [0, 0.1) is 6.92 Å². The smallest absolute Gasteiger partial charge is 0.330 e. The van der Waals surface area contributed by atoms with E-state index in [0.29, 0.717) is 12.4 Å². The first-order chi connectivity index (χ1) is 17.1. The number of nitrogens with one attached hydrogen (secondary N) is 1. The minimum Gasteiger partial charge on any atom is -0.463 e. The molecular weight excluding hydrogens is 460 g/mol. The zero-order valence-corrected chi connectivity index (χ0v) is 20.9. The number of aromatic amines is 1. The van der Waals surface area contributed by atoms with Crippen molar-refractivity contribution in [1.29, 1.82) is 0 Å². The van der Waals surface area contributed by atoms with Crippen molar-refractivity contribution in [3.05, 3.63) is 70.7 Å². The summed E-state index contributed by atoms with van der Waals surface area (Å²) in [6.45, 7) is 7.91. The quantitative estimate of drug-likeness (QED) is 0.239. The fourth-order valence-corrected chi connectivity index (χ4v) is 4.74. The van der Waals surface area contributed by atoms with Gasteiger partial charge in [0, 0.05) is 24.7 Å². The summed E-state index contributed by atoms with van der Waals surface area (Å²) in [6, 6.07) is 16.6. The number of rotatable bonds is 10. The highest BCUT2D eigenvalue weighted by molar-refractivity contribution is 7.16. The topological polar surface area (TPSA) is 96.9 Å². The standard InChI is InChI=1S/C26H28N6O2S/c1-4-16-32(26-27-18(3)23(35-26)14-15-24(33)34-5-2)17-19-10-12-20(13-11-19)21-8-6-7-9-22(21)25-28-30-31-29-25/h6-15H,4-5,16-17H2,1-3H3,(H,28,29,30,31)/b15-14+. The fourth-order valence-electron chi connectivity index (χ4n) is 3.75. The molecule has 0 saturated carbocycles. The van der Waals surface area contributed by atoms with E-state index in [9.17, 15) is 4.79 Å². The lowest BCUT2D eigenvalue weighted by Crippen LogP contribution is -2.23. The number of carbonyl (C=O) groups excluding carboxylic acids is 1. The highest BCUT2D eigenvalue weighted by Gasteiger charge is 2.15. The van der Waals surface area contributed by atoms with Gasteiger partial charge in [-0.3, -0.25) is 0 Å². The van der Waals surface area contributed by atoms with Crippen LogP contribution in [0.5, 0.6) is 0 Å². The molecule has 0 aliphatic rings. The number of tetrazole rings is 1. The van der Waals surface area contributed by atoms with Crippen LogP contribution in [0.4, 0.5) is 5.13 Å². The Labute approximate surface area is 208 Å². The van der Waals surface area contributed by atoms with Crippen LogP contribution in [0.2, 0.25) is 0 Å². The largest absolute Gasteiger partial charge is 0.463 e. The van der Waals surface area contributed by atoms with Gasteiger partial charge in [-0.15, -0.1) is 10.2 Å². The number of aryl methyl sites for hydroxylation is 1. The van der Waals surface area contributed by atoms with Gasteiger partial charge in [0.05, 0.1) is 17.2 Å². The fraction of sp³-hybridized carbons (Fsp3) is 0.269. The van der Waals surface area contributed by atoms with E-state index in [1.807, 2.05) is 25.1 Å². The average molecular weight is 489 g/mol. The lowest BCUT2D eigenvalue weighted by Gasteiger charge is -2.21. The van der Waals surface area contributed by atoms with Crippen LogP contribution in [0.3, 0.4) is 0 Å². The maximum absolute atomic E-state index is 11.7. The van der Waals surface area contributed by atoms with Crippen LogP contribution in [0.25, 0.3) is 28.6 Å². The van der Waals surface area contributed by atoms with Gasteiger partial charge in [-0.2, -0.15) is 5.21 Å². The predicted molar refractivity (Wildman–Crippen MR) is 139 cm³/mol. The van der Waals surface area contributed by atoms with Gasteiger partial charge in [0.1, 0.15) is 0 Å². The summed E-state index contributed by atoms with van der Waals surface area (Å²) >= 11 is 1.58. The molecule has 2 heterocycles. The summed E-state index contributed by atoms with van der Waals surface area (Å²) in [4.78, 5) is 19.7. The monoisotopic (exact) mass is 488 g/mol. The van der Waals surface area contributed by atoms with Crippen molar-refractivity contribution in [2.45, 2.75) is 33.7 Å². The van der Waals surface area contributed by atoms with Gasteiger partial charge in [0.25, 0.3) is 0 Å². The maximum atomic E-state index is 11.7. The Morgan fingerprint density at radius 3 is 2.57 bits per heavy atom. The summed E-state index contributed by atoms with van der Waals surface area (Å²) in [5.74, 6) is 0.235. The number of esters is 1. The second kappa shape index (κ2) is 11.5. The Morgan fingerprint density at radius 1 is 1.11 bits per heavy atom. The molecule has 4 aromatic rings. The van der Waals surface area contributed by atoms with Crippen molar-refractivity contribution in [3.8, 4) is 22.5 Å². The number of carbonyl (C=O) groups is 1. The molecule has 2 aromatic carbocycles. The van der Waals surface area contributed by atoms with Crippen molar-refractivity contribution in [3.63, 3.8) is 0 Å². The Bertz CT molecular complexity index is 1280. The lowest BCUT2D eigenvalue weighted by atomic mass is 9.98. The first-order valence-electron chi connectivity index (χ1n) is 11.6. The Kier molecular flexibility index (Phi) is 7.99. The Balaban J connectivity index is 1.53. The van der Waals surface area contributed by atoms with Crippen molar-refractivity contribution in [2.75, 3.05) is 18.1 Å². The molecule has 9 heteroatoms. The van der Waals surface area contributed by atoms with Crippen molar-refractivity contribution in [1.82, 2.24) is 25.6 Å². The number of H-pyrrole nitrogens is 1. The molecule has 0 unspecified atom stereocenters. The third kappa shape index (κ3) is 5.99. The molecule has 0 spiro atoms. The summed E-state index contributed by atoms with van der Waals surface area (Å²) in [6.07, 6.45) is 4.25. The van der Waals surface area contributed by atoms with E-state index >= 15 is 0 Å². The molecule has 0 aliphatic carbocycles. The number of hydrogen-bond donors (Lipinski definition) is 1. The second-order valence-corrected chi connectivity index (χ2v) is 8.94. The number of hydrogen-bond acceptors (Lipinski definition) is 8. The van der Waals surface area contributed by atoms with Crippen LogP contribution in [-0.2, 0) is 16.1 Å². The van der Waals surface area contributed by atoms with E-state index in [1.54, 1.807) is 24.3 Å². The average Bonchev–Trinajstić information content (AvgIpc) is 3.53. The van der Waals surface area contributed by atoms with E-state index < -0.39 is 0 Å². The molecule has 180 valence electrons. The van der Waals surface area contributed by atoms with Gasteiger partial charge in [-0.05, 0) is 48.2 Å². The van der Waals surface area contributed by atoms with Gasteiger partial charge >= 0.3 is 5.97 Å². The van der Waals surface area contributed by atoms with E-state index in [2.05, 4.69) is 62.8 Å². The van der Waals surface area contributed by atoms with E-state index in [1.165, 1.54) is 11.6 Å². The van der Waals surface area contributed by atoms with Crippen LogP contribution < -0.4 is 4.90 Å². The van der Waals surface area contributed by atoms with Crippen molar-refractivity contribution >= 4 is 28.5 Å². The SMILES string of the molecule is CCCN(Cc1ccc(-c2ccccc2-c2nn[nH]n2)cc1)c1nc(C)c(/C=C/C(=O)OCC)s1. The molecule has 0 bridgehead atoms. The van der Waals surface area contributed by atoms with Crippen LogP contribution >= 0.6 is 11.3 Å². The van der Waals surface area contributed by atoms with Crippen molar-refractivity contribution in [2.24, 2.45) is 0 Å². The normalized spacial score (nSPS) is 11.2. The molecule has 0 saturated heterocycles. The number of anilines is 1. The van der Waals surface area contributed by atoms with Crippen molar-refractivity contribution < 1.29 is 9.53 Å². The molecule has 4 rings (SSSR count). The maximum Gasteiger partial charge on any atom is 0.330 e. The highest BCUT2D eigenvalue weighted by atomic mass is 32.1. The summed E-state index contributed by atoms with van der Waals surface area (Å²) in [7, 11) is 0. The first-order valence-corrected chi connectivity index (χ1v) is 12.4. The molecule has 35 heavy (non-hydrogen) atoms. The molecule has 8 nitrogen and oxygen atoms in total. The Morgan fingerprint density at radius 2 is 1.89 bits per heavy atom. The van der Waals surface area contributed by atoms with Gasteiger partial charge in [0.15, 0.2) is 5.13 Å². The summed E-state index contributed by atoms with van der Waals surface area (Å²) in [5.41, 5.74) is 5.17. The molecule has 1 N–H and O–H groups in total. The van der Waals surface area contributed by atoms with Crippen LogP contribution in [0.1, 0.15) is 36.4 Å². The summed E-state index contributed by atoms with van der Waals surface area (Å²) < 4.78 is 4.98. The summed E-state index contributed by atoms with van der Waals surface area (Å²) in [5, 5.41) is 15.4. The molecule has 0 aliphatic heterocycles.